The molecule has 0 aliphatic heterocycles. The molecule has 0 N–H and O–H groups in total. The second kappa shape index (κ2) is 11.2. The number of hydrogen-bond donors (Lipinski definition) is 0. The van der Waals surface area contributed by atoms with Crippen molar-refractivity contribution >= 4 is 18.4 Å². The molecule has 0 nitrogen and oxygen atoms in total. The van der Waals surface area contributed by atoms with Gasteiger partial charge in [-0.2, -0.15) is 0 Å². The number of fused-ring (bicyclic) bond motifs is 3. The first-order valence-corrected chi connectivity index (χ1v) is 20.1. The zero-order valence-electron chi connectivity index (χ0n) is 25.3. The second-order valence-electron chi connectivity index (χ2n) is 15.4. The van der Waals surface area contributed by atoms with Crippen LogP contribution in [0.5, 0.6) is 0 Å². The molecule has 0 aromatic heterocycles. The molecule has 6 atom stereocenters. The van der Waals surface area contributed by atoms with Crippen molar-refractivity contribution < 1.29 is 0 Å². The van der Waals surface area contributed by atoms with Gasteiger partial charge in [0, 0.05) is 0 Å². The van der Waals surface area contributed by atoms with Crippen LogP contribution >= 0.6 is 0 Å². The molecule has 1 heteroatoms. The second-order valence-corrected chi connectivity index (χ2v) is 19.6. The van der Waals surface area contributed by atoms with Gasteiger partial charge < -0.3 is 0 Å². The number of hydrogen-bond acceptors (Lipinski definition) is 0. The maximum Gasteiger partial charge on any atom is 0.119 e. The molecule has 214 valence electrons. The molecule has 2 aromatic rings. The van der Waals surface area contributed by atoms with E-state index in [0.717, 1.165) is 46.8 Å². The van der Waals surface area contributed by atoms with Gasteiger partial charge in [-0.15, -0.1) is 6.58 Å². The molecule has 0 bridgehead atoms. The fourth-order valence-corrected chi connectivity index (χ4v) is 15.6. The van der Waals surface area contributed by atoms with E-state index in [1.165, 1.54) is 69.4 Å². The number of allylic oxidation sites excluding steroid dienone is 1. The molecular weight excluding hydrogens is 497 g/mol. The van der Waals surface area contributed by atoms with Crippen LogP contribution in [0.2, 0.25) is 12.6 Å². The Balaban J connectivity index is 1.06. The van der Waals surface area contributed by atoms with E-state index in [2.05, 4.69) is 67.2 Å². The summed E-state index contributed by atoms with van der Waals surface area (Å²) >= 11 is 0. The Morgan fingerprint density at radius 2 is 1.23 bits per heavy atom. The highest BCUT2D eigenvalue weighted by Gasteiger charge is 2.62. The van der Waals surface area contributed by atoms with Gasteiger partial charge in [-0.1, -0.05) is 115 Å². The van der Waals surface area contributed by atoms with Crippen LogP contribution in [0.25, 0.3) is 0 Å². The van der Waals surface area contributed by atoms with Crippen LogP contribution in [0.3, 0.4) is 0 Å². The van der Waals surface area contributed by atoms with Crippen molar-refractivity contribution in [3.8, 4) is 0 Å². The summed E-state index contributed by atoms with van der Waals surface area (Å²) in [5, 5.41) is 3.12. The van der Waals surface area contributed by atoms with E-state index in [1.54, 1.807) is 48.9 Å². The maximum absolute atomic E-state index is 4.80. The summed E-state index contributed by atoms with van der Waals surface area (Å²) in [7, 11) is -1.85. The fourth-order valence-electron chi connectivity index (χ4n) is 11.8. The van der Waals surface area contributed by atoms with E-state index in [4.69, 9.17) is 6.58 Å². The SMILES string of the molecule is C=C(CC1CCC(C2(C3C4CCCCC4C4CCCCC43)CCC2)C1)C[Si](C)(c1ccccc1)c1ccccc1. The highest BCUT2D eigenvalue weighted by molar-refractivity contribution is 7.01. The van der Waals surface area contributed by atoms with Crippen molar-refractivity contribution in [2.45, 2.75) is 109 Å². The third-order valence-corrected chi connectivity index (χ3v) is 17.9. The van der Waals surface area contributed by atoms with Gasteiger partial charge in [-0.05, 0) is 117 Å². The van der Waals surface area contributed by atoms with Crippen molar-refractivity contribution in [1.29, 1.82) is 0 Å². The van der Waals surface area contributed by atoms with Gasteiger partial charge in [0.25, 0.3) is 0 Å². The maximum atomic E-state index is 4.80. The third-order valence-electron chi connectivity index (χ3n) is 13.5. The van der Waals surface area contributed by atoms with Gasteiger partial charge in [-0.3, -0.25) is 0 Å². The molecule has 6 unspecified atom stereocenters. The third kappa shape index (κ3) is 4.71. The Morgan fingerprint density at radius 3 is 1.73 bits per heavy atom. The first kappa shape index (κ1) is 27.2. The summed E-state index contributed by atoms with van der Waals surface area (Å²) in [6.07, 6.45) is 22.9. The molecule has 5 fully saturated rings. The molecule has 40 heavy (non-hydrogen) atoms. The zero-order chi connectivity index (χ0) is 27.2. The minimum Gasteiger partial charge on any atom is -0.100 e. The number of rotatable bonds is 8. The lowest BCUT2D eigenvalue weighted by Crippen LogP contribution is -2.55. The highest BCUT2D eigenvalue weighted by atomic mass is 28.3. The van der Waals surface area contributed by atoms with Crippen LogP contribution < -0.4 is 10.4 Å². The molecule has 0 radical (unpaired) electrons. The lowest BCUT2D eigenvalue weighted by Gasteiger charge is -2.56. The Morgan fingerprint density at radius 1 is 0.700 bits per heavy atom. The lowest BCUT2D eigenvalue weighted by molar-refractivity contribution is -0.0669. The average molecular weight is 551 g/mol. The van der Waals surface area contributed by atoms with Crippen LogP contribution in [0, 0.1) is 46.8 Å². The highest BCUT2D eigenvalue weighted by Crippen LogP contribution is 2.70. The summed E-state index contributed by atoms with van der Waals surface area (Å²) in [4.78, 5) is 0. The van der Waals surface area contributed by atoms with Gasteiger partial charge in [-0.25, -0.2) is 0 Å². The summed E-state index contributed by atoms with van der Waals surface area (Å²) < 4.78 is 0. The Labute approximate surface area is 246 Å². The summed E-state index contributed by atoms with van der Waals surface area (Å²) in [6.45, 7) is 7.38. The molecule has 2 aromatic carbocycles. The van der Waals surface area contributed by atoms with E-state index in [-0.39, 0.29) is 0 Å². The Kier molecular flexibility index (Phi) is 7.65. The van der Waals surface area contributed by atoms with Crippen molar-refractivity contribution in [3.63, 3.8) is 0 Å². The van der Waals surface area contributed by atoms with E-state index in [0.29, 0.717) is 0 Å². The summed E-state index contributed by atoms with van der Waals surface area (Å²) in [6, 6.07) is 24.0. The molecule has 5 aliphatic carbocycles. The first-order valence-electron chi connectivity index (χ1n) is 17.4. The summed E-state index contributed by atoms with van der Waals surface area (Å²) in [5.74, 6) is 7.40. The summed E-state index contributed by atoms with van der Waals surface area (Å²) in [5.41, 5.74) is 2.26. The lowest BCUT2D eigenvalue weighted by atomic mass is 9.49. The van der Waals surface area contributed by atoms with Crippen LogP contribution in [-0.4, -0.2) is 8.07 Å². The molecule has 5 saturated carbocycles. The van der Waals surface area contributed by atoms with Gasteiger partial charge in [0.2, 0.25) is 0 Å². The van der Waals surface area contributed by atoms with Gasteiger partial charge in [0.1, 0.15) is 8.07 Å². The number of benzene rings is 2. The standard InChI is InChI=1S/C39H54Si/c1-29(28-40(2,32-14-5-3-6-15-32)33-16-7-4-8-17-33)26-30-22-23-31(27-30)39(24-13-25-39)38-36-20-11-9-18-34(36)35-19-10-12-21-37(35)38/h3-8,14-17,30-31,34-38H,1,9-13,18-28H2,2H3. The van der Waals surface area contributed by atoms with Crippen molar-refractivity contribution in [2.24, 2.45) is 46.8 Å². The van der Waals surface area contributed by atoms with Gasteiger partial charge >= 0.3 is 0 Å². The van der Waals surface area contributed by atoms with Crippen molar-refractivity contribution in [3.05, 3.63) is 72.8 Å². The van der Waals surface area contributed by atoms with E-state index in [1.807, 2.05) is 0 Å². The minimum absolute atomic E-state index is 0.727. The molecule has 5 aliphatic rings. The molecular formula is C39H54Si. The van der Waals surface area contributed by atoms with Crippen molar-refractivity contribution in [2.75, 3.05) is 0 Å². The van der Waals surface area contributed by atoms with Gasteiger partial charge in [0.15, 0.2) is 0 Å². The first-order chi connectivity index (χ1) is 19.6. The van der Waals surface area contributed by atoms with Crippen LogP contribution in [0.4, 0.5) is 0 Å². The van der Waals surface area contributed by atoms with Gasteiger partial charge in [0.05, 0.1) is 0 Å². The molecule has 0 saturated heterocycles. The quantitative estimate of drug-likeness (QED) is 0.227. The minimum atomic E-state index is -1.85. The molecule has 0 spiro atoms. The fraction of sp³-hybridized carbons (Fsp3) is 0.641. The Bertz CT molecular complexity index is 1080. The largest absolute Gasteiger partial charge is 0.119 e. The van der Waals surface area contributed by atoms with E-state index >= 15 is 0 Å². The molecule has 7 rings (SSSR count). The van der Waals surface area contributed by atoms with Crippen LogP contribution in [0.1, 0.15) is 96.3 Å². The smallest absolute Gasteiger partial charge is 0.100 e. The van der Waals surface area contributed by atoms with Crippen LogP contribution in [-0.2, 0) is 0 Å². The molecule has 0 heterocycles. The van der Waals surface area contributed by atoms with E-state index < -0.39 is 8.07 Å². The monoisotopic (exact) mass is 550 g/mol. The molecule has 0 amide bonds. The topological polar surface area (TPSA) is 0 Å². The zero-order valence-corrected chi connectivity index (χ0v) is 26.3. The van der Waals surface area contributed by atoms with E-state index in [9.17, 15) is 0 Å². The Hall–Kier alpha value is -1.60. The van der Waals surface area contributed by atoms with Crippen LogP contribution in [0.15, 0.2) is 72.8 Å². The predicted molar refractivity (Wildman–Crippen MR) is 174 cm³/mol. The average Bonchev–Trinajstić information content (AvgIpc) is 3.57. The van der Waals surface area contributed by atoms with Crippen molar-refractivity contribution in [1.82, 2.24) is 0 Å². The normalized spacial score (nSPS) is 35.0. The predicted octanol–water partition coefficient (Wildman–Crippen LogP) is 9.65.